The summed E-state index contributed by atoms with van der Waals surface area (Å²) >= 11 is 0. The molecule has 14 heavy (non-hydrogen) atoms. The first-order chi connectivity index (χ1) is 6.49. The highest BCUT2D eigenvalue weighted by Gasteiger charge is 2.20. The normalized spacial score (nSPS) is 18.1. The summed E-state index contributed by atoms with van der Waals surface area (Å²) in [4.78, 5) is 13.1. The van der Waals surface area contributed by atoms with E-state index in [1.807, 2.05) is 13.8 Å². The van der Waals surface area contributed by atoms with Gasteiger partial charge in [0.1, 0.15) is 6.61 Å². The molecule has 0 atom stereocenters. The number of carbonyl (C=O) groups is 1. The molecule has 1 aliphatic rings. The SMILES string of the molecule is CC(C)(N)COC(=O)N1CCOCC1. The lowest BCUT2D eigenvalue weighted by Crippen LogP contribution is -2.44. The minimum atomic E-state index is -0.470. The van der Waals surface area contributed by atoms with Crippen molar-refractivity contribution in [1.29, 1.82) is 0 Å². The molecule has 0 unspecified atom stereocenters. The Hall–Kier alpha value is -0.810. The molecule has 1 heterocycles. The zero-order chi connectivity index (χ0) is 10.6. The lowest BCUT2D eigenvalue weighted by atomic mass is 10.1. The van der Waals surface area contributed by atoms with Gasteiger partial charge in [-0.2, -0.15) is 0 Å². The largest absolute Gasteiger partial charge is 0.447 e. The Bertz CT molecular complexity index is 195. The number of ether oxygens (including phenoxy) is 2. The van der Waals surface area contributed by atoms with Gasteiger partial charge in [0.15, 0.2) is 0 Å². The maximum absolute atomic E-state index is 11.4. The van der Waals surface area contributed by atoms with E-state index in [1.54, 1.807) is 4.90 Å². The maximum atomic E-state index is 11.4. The molecule has 1 amide bonds. The van der Waals surface area contributed by atoms with Gasteiger partial charge in [0.2, 0.25) is 0 Å². The lowest BCUT2D eigenvalue weighted by Gasteiger charge is -2.27. The van der Waals surface area contributed by atoms with Crippen molar-refractivity contribution in [3.05, 3.63) is 0 Å². The number of nitrogens with two attached hydrogens (primary N) is 1. The third-order valence-corrected chi connectivity index (χ3v) is 1.84. The molecule has 1 saturated heterocycles. The molecule has 2 N–H and O–H groups in total. The van der Waals surface area contributed by atoms with Crippen LogP contribution < -0.4 is 5.73 Å². The maximum Gasteiger partial charge on any atom is 0.409 e. The third-order valence-electron chi connectivity index (χ3n) is 1.84. The van der Waals surface area contributed by atoms with Crippen LogP contribution in [0.1, 0.15) is 13.8 Å². The van der Waals surface area contributed by atoms with Crippen LogP contribution in [0.4, 0.5) is 4.79 Å². The fraction of sp³-hybridized carbons (Fsp3) is 0.889. The Kier molecular flexibility index (Phi) is 3.71. The summed E-state index contributed by atoms with van der Waals surface area (Å²) in [5.74, 6) is 0. The van der Waals surface area contributed by atoms with E-state index in [0.717, 1.165) is 0 Å². The quantitative estimate of drug-likeness (QED) is 0.694. The molecule has 5 nitrogen and oxygen atoms in total. The fourth-order valence-electron chi connectivity index (χ4n) is 1.08. The van der Waals surface area contributed by atoms with Crippen LogP contribution in [-0.4, -0.2) is 49.4 Å². The van der Waals surface area contributed by atoms with E-state index in [4.69, 9.17) is 15.2 Å². The molecule has 0 aromatic heterocycles. The van der Waals surface area contributed by atoms with Crippen molar-refractivity contribution in [3.63, 3.8) is 0 Å². The molecule has 0 spiro atoms. The topological polar surface area (TPSA) is 64.8 Å². The minimum absolute atomic E-state index is 0.239. The molecular formula is C9H18N2O3. The Morgan fingerprint density at radius 2 is 2.07 bits per heavy atom. The van der Waals surface area contributed by atoms with E-state index in [-0.39, 0.29) is 12.7 Å². The van der Waals surface area contributed by atoms with Crippen LogP contribution in [0.3, 0.4) is 0 Å². The molecule has 82 valence electrons. The first-order valence-corrected chi connectivity index (χ1v) is 4.77. The van der Waals surface area contributed by atoms with Crippen LogP contribution >= 0.6 is 0 Å². The Balaban J connectivity index is 2.27. The molecule has 0 saturated carbocycles. The van der Waals surface area contributed by atoms with E-state index in [2.05, 4.69) is 0 Å². The highest BCUT2D eigenvalue weighted by molar-refractivity contribution is 5.67. The average Bonchev–Trinajstić information content (AvgIpc) is 2.14. The van der Waals surface area contributed by atoms with Gasteiger partial charge in [0.25, 0.3) is 0 Å². The molecule has 0 aromatic rings. The molecule has 1 aliphatic heterocycles. The Morgan fingerprint density at radius 3 is 2.57 bits per heavy atom. The number of hydrogen-bond donors (Lipinski definition) is 1. The third kappa shape index (κ3) is 3.93. The summed E-state index contributed by atoms with van der Waals surface area (Å²) in [5.41, 5.74) is 5.22. The number of amides is 1. The fourth-order valence-corrected chi connectivity index (χ4v) is 1.08. The summed E-state index contributed by atoms with van der Waals surface area (Å²) in [6.45, 7) is 6.25. The summed E-state index contributed by atoms with van der Waals surface area (Å²) in [7, 11) is 0. The van der Waals surface area contributed by atoms with Crippen molar-refractivity contribution in [1.82, 2.24) is 4.90 Å². The number of nitrogens with zero attached hydrogens (tertiary/aromatic N) is 1. The van der Waals surface area contributed by atoms with Crippen LogP contribution in [-0.2, 0) is 9.47 Å². The van der Waals surface area contributed by atoms with Crippen molar-refractivity contribution >= 4 is 6.09 Å². The standard InChI is InChI=1S/C9H18N2O3/c1-9(2,10)7-14-8(12)11-3-5-13-6-4-11/h3-7,10H2,1-2H3. The van der Waals surface area contributed by atoms with E-state index in [0.29, 0.717) is 26.3 Å². The second-order valence-corrected chi connectivity index (χ2v) is 4.14. The summed E-state index contributed by atoms with van der Waals surface area (Å²) in [6, 6.07) is 0. The van der Waals surface area contributed by atoms with Gasteiger partial charge in [-0.1, -0.05) is 0 Å². The Labute approximate surface area is 84.1 Å². The summed E-state index contributed by atoms with van der Waals surface area (Å²) < 4.78 is 10.2. The van der Waals surface area contributed by atoms with Gasteiger partial charge in [-0.05, 0) is 13.8 Å². The van der Waals surface area contributed by atoms with E-state index >= 15 is 0 Å². The summed E-state index contributed by atoms with van der Waals surface area (Å²) in [5, 5.41) is 0. The Morgan fingerprint density at radius 1 is 1.50 bits per heavy atom. The number of rotatable bonds is 2. The van der Waals surface area contributed by atoms with Crippen LogP contribution in [0.25, 0.3) is 0 Å². The van der Waals surface area contributed by atoms with Gasteiger partial charge in [-0.15, -0.1) is 0 Å². The summed E-state index contributed by atoms with van der Waals surface area (Å²) in [6.07, 6.45) is -0.299. The predicted octanol–water partition coefficient (Wildman–Crippen LogP) is 0.193. The molecule has 1 fully saturated rings. The molecule has 1 rings (SSSR count). The first-order valence-electron chi connectivity index (χ1n) is 4.77. The smallest absolute Gasteiger partial charge is 0.409 e. The van der Waals surface area contributed by atoms with E-state index < -0.39 is 5.54 Å². The van der Waals surface area contributed by atoms with Gasteiger partial charge in [0, 0.05) is 18.6 Å². The number of hydrogen-bond acceptors (Lipinski definition) is 4. The second-order valence-electron chi connectivity index (χ2n) is 4.14. The molecule has 0 radical (unpaired) electrons. The predicted molar refractivity (Wildman–Crippen MR) is 52.0 cm³/mol. The van der Waals surface area contributed by atoms with Gasteiger partial charge < -0.3 is 20.1 Å². The van der Waals surface area contributed by atoms with E-state index in [9.17, 15) is 4.79 Å². The zero-order valence-electron chi connectivity index (χ0n) is 8.78. The molecule has 0 aromatic carbocycles. The van der Waals surface area contributed by atoms with Crippen LogP contribution in [0.2, 0.25) is 0 Å². The first kappa shape index (κ1) is 11.3. The van der Waals surface area contributed by atoms with Crippen molar-refractivity contribution < 1.29 is 14.3 Å². The monoisotopic (exact) mass is 202 g/mol. The van der Waals surface area contributed by atoms with Gasteiger partial charge in [-0.25, -0.2) is 4.79 Å². The van der Waals surface area contributed by atoms with Gasteiger partial charge >= 0.3 is 6.09 Å². The minimum Gasteiger partial charge on any atom is -0.447 e. The van der Waals surface area contributed by atoms with Crippen LogP contribution in [0.15, 0.2) is 0 Å². The molecule has 0 bridgehead atoms. The number of morpholine rings is 1. The lowest BCUT2D eigenvalue weighted by molar-refractivity contribution is 0.0226. The van der Waals surface area contributed by atoms with Crippen molar-refractivity contribution in [2.45, 2.75) is 19.4 Å². The van der Waals surface area contributed by atoms with Crippen molar-refractivity contribution in [2.75, 3.05) is 32.9 Å². The van der Waals surface area contributed by atoms with Crippen molar-refractivity contribution in [2.24, 2.45) is 5.73 Å². The zero-order valence-corrected chi connectivity index (χ0v) is 8.78. The van der Waals surface area contributed by atoms with Gasteiger partial charge in [0.05, 0.1) is 13.2 Å². The molecule has 5 heteroatoms. The molecule has 0 aliphatic carbocycles. The van der Waals surface area contributed by atoms with Gasteiger partial charge in [-0.3, -0.25) is 0 Å². The van der Waals surface area contributed by atoms with Crippen molar-refractivity contribution in [3.8, 4) is 0 Å². The van der Waals surface area contributed by atoms with E-state index in [1.165, 1.54) is 0 Å². The second kappa shape index (κ2) is 4.61. The highest BCUT2D eigenvalue weighted by Crippen LogP contribution is 2.03. The highest BCUT2D eigenvalue weighted by atomic mass is 16.6. The molecular weight excluding hydrogens is 184 g/mol. The van der Waals surface area contributed by atoms with Crippen LogP contribution in [0.5, 0.6) is 0 Å². The average molecular weight is 202 g/mol. The van der Waals surface area contributed by atoms with Crippen LogP contribution in [0, 0.1) is 0 Å². The number of carbonyl (C=O) groups excluding carboxylic acids is 1.